The summed E-state index contributed by atoms with van der Waals surface area (Å²) in [6.45, 7) is 1.52. The van der Waals surface area contributed by atoms with Crippen molar-refractivity contribution in [3.63, 3.8) is 0 Å². The van der Waals surface area contributed by atoms with E-state index in [1.54, 1.807) is 0 Å². The number of carbonyl (C=O) groups excluding carboxylic acids is 1. The van der Waals surface area contributed by atoms with Crippen LogP contribution in [0.5, 0.6) is 5.88 Å². The van der Waals surface area contributed by atoms with Gasteiger partial charge in [-0.1, -0.05) is 6.07 Å². The van der Waals surface area contributed by atoms with Gasteiger partial charge in [0.2, 0.25) is 11.6 Å². The van der Waals surface area contributed by atoms with Crippen LogP contribution in [-0.2, 0) is 10.9 Å². The fraction of sp³-hybridized carbons (Fsp3) is 0.308. The molecule has 0 saturated carbocycles. The predicted octanol–water partition coefficient (Wildman–Crippen LogP) is 2.83. The van der Waals surface area contributed by atoms with Gasteiger partial charge in [0.05, 0.1) is 24.8 Å². The van der Waals surface area contributed by atoms with Crippen LogP contribution in [0.25, 0.3) is 11.0 Å². The summed E-state index contributed by atoms with van der Waals surface area (Å²) in [5.74, 6) is -1.37. The number of ether oxygens (including phenoxy) is 2. The van der Waals surface area contributed by atoms with Crippen molar-refractivity contribution < 1.29 is 27.4 Å². The van der Waals surface area contributed by atoms with Crippen molar-refractivity contribution in [3.05, 3.63) is 29.5 Å². The number of hydrogen-bond donors (Lipinski definition) is 0. The topological polar surface area (TPSA) is 61.3 Å². The lowest BCUT2D eigenvalue weighted by atomic mass is 10.1. The Kier molecular flexibility index (Phi) is 3.97. The first-order valence-electron chi connectivity index (χ1n) is 5.97. The number of methoxy groups -OCH3 is 1. The second-order valence-electron chi connectivity index (χ2n) is 3.97. The molecule has 0 saturated heterocycles. The monoisotopic (exact) mass is 300 g/mol. The summed E-state index contributed by atoms with van der Waals surface area (Å²) in [4.78, 5) is 18.9. The van der Waals surface area contributed by atoms with Crippen molar-refractivity contribution >= 4 is 17.0 Å². The molecule has 0 aliphatic rings. The maximum Gasteiger partial charge on any atom is 0.438 e. The number of esters is 1. The molecule has 0 bridgehead atoms. The van der Waals surface area contributed by atoms with Crippen molar-refractivity contribution in [2.24, 2.45) is 0 Å². The van der Waals surface area contributed by atoms with Gasteiger partial charge in [-0.3, -0.25) is 0 Å². The van der Waals surface area contributed by atoms with Gasteiger partial charge in [0.15, 0.2) is 0 Å². The standard InChI is InChI=1S/C13H11F3N2O3/c1-3-21-11-10(13(14,15)16)17-8-6-4-5-7(9(8)18-11)12(19)20-2/h4-6H,3H2,1-2H3. The number of carbonyl (C=O) groups is 1. The van der Waals surface area contributed by atoms with Crippen molar-refractivity contribution in [2.75, 3.05) is 13.7 Å². The fourth-order valence-electron chi connectivity index (χ4n) is 1.76. The minimum Gasteiger partial charge on any atom is -0.476 e. The third-order valence-electron chi connectivity index (χ3n) is 2.62. The summed E-state index contributed by atoms with van der Waals surface area (Å²) in [5, 5.41) is 0. The van der Waals surface area contributed by atoms with Crippen LogP contribution in [0.2, 0.25) is 0 Å². The Morgan fingerprint density at radius 1 is 1.29 bits per heavy atom. The molecule has 0 radical (unpaired) electrons. The third kappa shape index (κ3) is 2.88. The zero-order valence-corrected chi connectivity index (χ0v) is 11.2. The lowest BCUT2D eigenvalue weighted by molar-refractivity contribution is -0.142. The Morgan fingerprint density at radius 2 is 2.00 bits per heavy atom. The van der Waals surface area contributed by atoms with Crippen molar-refractivity contribution in [1.29, 1.82) is 0 Å². The number of alkyl halides is 3. The molecule has 0 aliphatic heterocycles. The molecular weight excluding hydrogens is 289 g/mol. The van der Waals surface area contributed by atoms with E-state index in [0.717, 1.165) is 0 Å². The van der Waals surface area contributed by atoms with E-state index in [1.807, 2.05) is 0 Å². The number of aromatic nitrogens is 2. The van der Waals surface area contributed by atoms with Crippen LogP contribution in [0, 0.1) is 0 Å². The zero-order valence-electron chi connectivity index (χ0n) is 11.2. The van der Waals surface area contributed by atoms with Gasteiger partial charge in [0.1, 0.15) is 5.52 Å². The van der Waals surface area contributed by atoms with Gasteiger partial charge in [0.25, 0.3) is 0 Å². The second-order valence-corrected chi connectivity index (χ2v) is 3.97. The van der Waals surface area contributed by atoms with E-state index >= 15 is 0 Å². The van der Waals surface area contributed by atoms with Crippen LogP contribution >= 0.6 is 0 Å². The van der Waals surface area contributed by atoms with Gasteiger partial charge in [-0.05, 0) is 19.1 Å². The number of nitrogens with zero attached hydrogens (tertiary/aromatic N) is 2. The minimum atomic E-state index is -4.70. The minimum absolute atomic E-state index is 0.000741. The van der Waals surface area contributed by atoms with Crippen molar-refractivity contribution in [1.82, 2.24) is 9.97 Å². The van der Waals surface area contributed by atoms with Crippen molar-refractivity contribution in [2.45, 2.75) is 13.1 Å². The third-order valence-corrected chi connectivity index (χ3v) is 2.62. The van der Waals surface area contributed by atoms with E-state index in [9.17, 15) is 18.0 Å². The first kappa shape index (κ1) is 15.0. The fourth-order valence-corrected chi connectivity index (χ4v) is 1.76. The smallest absolute Gasteiger partial charge is 0.438 e. The number of para-hydroxylation sites is 1. The van der Waals surface area contributed by atoms with E-state index in [-0.39, 0.29) is 23.2 Å². The Morgan fingerprint density at radius 3 is 2.57 bits per heavy atom. The molecule has 0 aliphatic carbocycles. The van der Waals surface area contributed by atoms with Gasteiger partial charge in [-0.25, -0.2) is 14.8 Å². The molecule has 21 heavy (non-hydrogen) atoms. The van der Waals surface area contributed by atoms with Crippen LogP contribution in [-0.4, -0.2) is 29.7 Å². The second kappa shape index (κ2) is 5.55. The van der Waals surface area contributed by atoms with E-state index in [0.29, 0.717) is 0 Å². The Hall–Kier alpha value is -2.38. The van der Waals surface area contributed by atoms with Crippen LogP contribution in [0.15, 0.2) is 18.2 Å². The van der Waals surface area contributed by atoms with Gasteiger partial charge < -0.3 is 9.47 Å². The van der Waals surface area contributed by atoms with E-state index in [2.05, 4.69) is 14.7 Å². The van der Waals surface area contributed by atoms with Gasteiger partial charge in [-0.2, -0.15) is 13.2 Å². The first-order chi connectivity index (χ1) is 9.88. The maximum absolute atomic E-state index is 13.0. The summed E-state index contributed by atoms with van der Waals surface area (Å²) < 4.78 is 48.3. The number of hydrogen-bond acceptors (Lipinski definition) is 5. The highest BCUT2D eigenvalue weighted by molar-refractivity contribution is 6.01. The lowest BCUT2D eigenvalue weighted by Crippen LogP contribution is -2.14. The Balaban J connectivity index is 2.75. The van der Waals surface area contributed by atoms with Gasteiger partial charge in [0, 0.05) is 0 Å². The van der Waals surface area contributed by atoms with Crippen LogP contribution < -0.4 is 4.74 Å². The quantitative estimate of drug-likeness (QED) is 0.816. The van der Waals surface area contributed by atoms with Crippen LogP contribution in [0.3, 0.4) is 0 Å². The molecule has 0 amide bonds. The zero-order chi connectivity index (χ0) is 15.6. The molecule has 112 valence electrons. The van der Waals surface area contributed by atoms with Crippen LogP contribution in [0.1, 0.15) is 23.0 Å². The predicted molar refractivity (Wildman–Crippen MR) is 67.0 cm³/mol. The molecule has 2 rings (SSSR count). The highest BCUT2D eigenvalue weighted by Crippen LogP contribution is 2.35. The molecule has 0 atom stereocenters. The normalized spacial score (nSPS) is 11.5. The SMILES string of the molecule is CCOc1nc2c(C(=O)OC)cccc2nc1C(F)(F)F. The molecule has 0 unspecified atom stereocenters. The molecule has 0 N–H and O–H groups in total. The molecule has 0 spiro atoms. The molecule has 5 nitrogen and oxygen atoms in total. The van der Waals surface area contributed by atoms with E-state index in [1.165, 1.54) is 32.2 Å². The van der Waals surface area contributed by atoms with Crippen molar-refractivity contribution in [3.8, 4) is 5.88 Å². The Labute approximate surface area is 117 Å². The van der Waals surface area contributed by atoms with Crippen LogP contribution in [0.4, 0.5) is 13.2 Å². The Bertz CT molecular complexity index is 686. The molecule has 1 heterocycles. The first-order valence-corrected chi connectivity index (χ1v) is 5.97. The molecule has 2 aromatic rings. The molecule has 8 heteroatoms. The average molecular weight is 300 g/mol. The largest absolute Gasteiger partial charge is 0.476 e. The summed E-state index contributed by atoms with van der Waals surface area (Å²) >= 11 is 0. The maximum atomic E-state index is 13.0. The summed E-state index contributed by atoms with van der Waals surface area (Å²) in [6, 6.07) is 4.13. The molecule has 0 fully saturated rings. The number of benzene rings is 1. The highest BCUT2D eigenvalue weighted by Gasteiger charge is 2.38. The van der Waals surface area contributed by atoms with Gasteiger partial charge in [-0.15, -0.1) is 0 Å². The molecular formula is C13H11F3N2O3. The summed E-state index contributed by atoms with van der Waals surface area (Å²) in [5.41, 5.74) is -1.26. The highest BCUT2D eigenvalue weighted by atomic mass is 19.4. The number of halogens is 3. The van der Waals surface area contributed by atoms with Gasteiger partial charge >= 0.3 is 12.1 Å². The molecule has 1 aromatic heterocycles. The number of rotatable bonds is 3. The van der Waals surface area contributed by atoms with E-state index < -0.39 is 23.7 Å². The lowest BCUT2D eigenvalue weighted by Gasteiger charge is -2.13. The summed E-state index contributed by atoms with van der Waals surface area (Å²) in [7, 11) is 1.17. The van der Waals surface area contributed by atoms with E-state index in [4.69, 9.17) is 4.74 Å². The summed E-state index contributed by atoms with van der Waals surface area (Å²) in [6.07, 6.45) is -4.70. The average Bonchev–Trinajstić information content (AvgIpc) is 2.44. The number of fused-ring (bicyclic) bond motifs is 1. The molecule has 1 aromatic carbocycles.